The monoisotopic (exact) mass is 755 g/mol. The summed E-state index contributed by atoms with van der Waals surface area (Å²) in [6.45, 7) is 11.4. The molecular formula is C45H46IN3. The van der Waals surface area contributed by atoms with Crippen LogP contribution < -0.4 is 0 Å². The Morgan fingerprint density at radius 3 is 1.82 bits per heavy atom. The van der Waals surface area contributed by atoms with Crippen molar-refractivity contribution >= 4 is 22.6 Å². The van der Waals surface area contributed by atoms with Gasteiger partial charge >= 0.3 is 0 Å². The zero-order valence-electron chi connectivity index (χ0n) is 29.4. The summed E-state index contributed by atoms with van der Waals surface area (Å²) in [4.78, 5) is 0. The number of hydrogen-bond acceptors (Lipinski definition) is 2. The van der Waals surface area contributed by atoms with Gasteiger partial charge in [0.05, 0.1) is 0 Å². The topological polar surface area (TPSA) is 30.7 Å². The second-order valence-corrected chi connectivity index (χ2v) is 15.9. The molecule has 0 atom stereocenters. The van der Waals surface area contributed by atoms with Gasteiger partial charge < -0.3 is 0 Å². The van der Waals surface area contributed by atoms with Crippen LogP contribution in [0.3, 0.4) is 0 Å². The first-order chi connectivity index (χ1) is 23.7. The molecule has 248 valence electrons. The highest BCUT2D eigenvalue weighted by atomic mass is 127. The lowest BCUT2D eigenvalue weighted by Gasteiger charge is -2.33. The summed E-state index contributed by atoms with van der Waals surface area (Å²) >= 11 is 2.49. The standard InChI is InChI=1S/C45H46IN3/c1-6-8-26-45(27-9-7-2)40-29-33(20-24-38(40)39-25-23-36(46)30-41(39)45)32-14-13-15-34(28-32)43-48-47-42(49(43)37-16-11-10-12-17-37)31-18-21-35(22-19-31)44(3,4)5/h10-25,28-30H,6-9,26-27H2,1-5H3. The van der Waals surface area contributed by atoms with E-state index in [2.05, 4.69) is 177 Å². The highest BCUT2D eigenvalue weighted by Gasteiger charge is 2.42. The molecule has 1 aromatic heterocycles. The molecule has 4 heteroatoms. The Balaban J connectivity index is 1.34. The zero-order chi connectivity index (χ0) is 34.2. The minimum absolute atomic E-state index is 0.0520. The quantitative estimate of drug-likeness (QED) is 0.130. The molecule has 0 saturated heterocycles. The number of hydrogen-bond donors (Lipinski definition) is 0. The van der Waals surface area contributed by atoms with Gasteiger partial charge in [0.1, 0.15) is 0 Å². The lowest BCUT2D eigenvalue weighted by atomic mass is 9.70. The Kier molecular flexibility index (Phi) is 9.36. The first kappa shape index (κ1) is 33.5. The molecule has 0 radical (unpaired) electrons. The molecule has 49 heavy (non-hydrogen) atoms. The summed E-state index contributed by atoms with van der Waals surface area (Å²) in [6.07, 6.45) is 7.23. The number of benzene rings is 5. The maximum absolute atomic E-state index is 4.84. The van der Waals surface area contributed by atoms with Crippen LogP contribution in [-0.2, 0) is 10.8 Å². The molecule has 7 rings (SSSR count). The number of para-hydroxylation sites is 1. The van der Waals surface area contributed by atoms with Gasteiger partial charge in [0.15, 0.2) is 11.6 Å². The number of unbranched alkanes of at least 4 members (excludes halogenated alkanes) is 2. The van der Waals surface area contributed by atoms with Crippen LogP contribution >= 0.6 is 22.6 Å². The van der Waals surface area contributed by atoms with Gasteiger partial charge in [-0.1, -0.05) is 139 Å². The van der Waals surface area contributed by atoms with Crippen molar-refractivity contribution in [2.45, 2.75) is 84.0 Å². The lowest BCUT2D eigenvalue weighted by molar-refractivity contribution is 0.414. The summed E-state index contributed by atoms with van der Waals surface area (Å²) in [6, 6.07) is 42.4. The number of rotatable bonds is 10. The molecule has 1 heterocycles. The SMILES string of the molecule is CCCCC1(CCCC)c2cc(I)ccc2-c2ccc(-c3cccc(-c4nnc(-c5ccc(C(C)(C)C)cc5)n4-c4ccccc4)c3)cc21. The van der Waals surface area contributed by atoms with Crippen LogP contribution in [0, 0.1) is 3.57 Å². The van der Waals surface area contributed by atoms with Crippen molar-refractivity contribution in [3.63, 3.8) is 0 Å². The molecule has 5 aromatic carbocycles. The normalized spacial score (nSPS) is 13.3. The lowest BCUT2D eigenvalue weighted by Crippen LogP contribution is -2.25. The van der Waals surface area contributed by atoms with Gasteiger partial charge in [0.2, 0.25) is 0 Å². The number of aromatic nitrogens is 3. The van der Waals surface area contributed by atoms with Gasteiger partial charge in [-0.05, 0) is 116 Å². The van der Waals surface area contributed by atoms with E-state index in [1.54, 1.807) is 0 Å². The van der Waals surface area contributed by atoms with Crippen molar-refractivity contribution in [3.8, 4) is 50.7 Å². The molecule has 6 aromatic rings. The molecule has 0 N–H and O–H groups in total. The van der Waals surface area contributed by atoms with Crippen LogP contribution in [0.15, 0.2) is 115 Å². The van der Waals surface area contributed by atoms with Crippen molar-refractivity contribution in [2.75, 3.05) is 0 Å². The van der Waals surface area contributed by atoms with Crippen molar-refractivity contribution < 1.29 is 0 Å². The number of halogens is 1. The van der Waals surface area contributed by atoms with Crippen LogP contribution in [0.1, 0.15) is 89.8 Å². The van der Waals surface area contributed by atoms with E-state index in [4.69, 9.17) is 10.2 Å². The Bertz CT molecular complexity index is 2080. The maximum atomic E-state index is 4.84. The van der Waals surface area contributed by atoms with Gasteiger partial charge in [-0.15, -0.1) is 10.2 Å². The summed E-state index contributed by atoms with van der Waals surface area (Å²) in [5.41, 5.74) is 12.9. The molecular weight excluding hydrogens is 709 g/mol. The molecule has 0 spiro atoms. The van der Waals surface area contributed by atoms with Crippen LogP contribution in [-0.4, -0.2) is 14.8 Å². The third kappa shape index (κ3) is 6.29. The second kappa shape index (κ2) is 13.7. The predicted molar refractivity (Wildman–Crippen MR) is 214 cm³/mol. The predicted octanol–water partition coefficient (Wildman–Crippen LogP) is 12.8. The van der Waals surface area contributed by atoms with Crippen molar-refractivity contribution in [1.29, 1.82) is 0 Å². The molecule has 3 nitrogen and oxygen atoms in total. The smallest absolute Gasteiger partial charge is 0.168 e. The van der Waals surface area contributed by atoms with Crippen molar-refractivity contribution in [2.24, 2.45) is 0 Å². The average molecular weight is 756 g/mol. The third-order valence-electron chi connectivity index (χ3n) is 10.4. The van der Waals surface area contributed by atoms with E-state index in [0.29, 0.717) is 0 Å². The van der Waals surface area contributed by atoms with Crippen molar-refractivity contribution in [1.82, 2.24) is 14.8 Å². The van der Waals surface area contributed by atoms with Crippen LogP contribution in [0.2, 0.25) is 0 Å². The number of fused-ring (bicyclic) bond motifs is 3. The van der Waals surface area contributed by atoms with Gasteiger partial charge in [-0.3, -0.25) is 4.57 Å². The minimum atomic E-state index is 0.0520. The Labute approximate surface area is 306 Å². The van der Waals surface area contributed by atoms with E-state index in [0.717, 1.165) is 28.5 Å². The first-order valence-electron chi connectivity index (χ1n) is 17.9. The molecule has 1 aliphatic rings. The van der Waals surface area contributed by atoms with E-state index in [1.807, 2.05) is 0 Å². The van der Waals surface area contributed by atoms with E-state index >= 15 is 0 Å². The molecule has 0 fully saturated rings. The van der Waals surface area contributed by atoms with E-state index in [-0.39, 0.29) is 10.8 Å². The Morgan fingerprint density at radius 1 is 0.592 bits per heavy atom. The number of nitrogens with zero attached hydrogens (tertiary/aromatic N) is 3. The fraction of sp³-hybridized carbons (Fsp3) is 0.289. The average Bonchev–Trinajstić information content (AvgIpc) is 3.68. The molecule has 0 saturated carbocycles. The third-order valence-corrected chi connectivity index (χ3v) is 11.0. The molecule has 0 unspecified atom stereocenters. The minimum Gasteiger partial charge on any atom is -0.275 e. The fourth-order valence-electron chi connectivity index (χ4n) is 7.70. The largest absolute Gasteiger partial charge is 0.275 e. The van der Waals surface area contributed by atoms with Gasteiger partial charge in [0, 0.05) is 25.8 Å². The van der Waals surface area contributed by atoms with Crippen LogP contribution in [0.4, 0.5) is 0 Å². The summed E-state index contributed by atoms with van der Waals surface area (Å²) in [5, 5.41) is 9.64. The zero-order valence-corrected chi connectivity index (χ0v) is 31.6. The molecule has 1 aliphatic carbocycles. The molecule has 0 bridgehead atoms. The summed E-state index contributed by atoms with van der Waals surface area (Å²) < 4.78 is 3.52. The fourth-order valence-corrected chi connectivity index (χ4v) is 8.20. The summed E-state index contributed by atoms with van der Waals surface area (Å²) in [7, 11) is 0. The van der Waals surface area contributed by atoms with Gasteiger partial charge in [0.25, 0.3) is 0 Å². The highest BCUT2D eigenvalue weighted by Crippen LogP contribution is 2.55. The highest BCUT2D eigenvalue weighted by molar-refractivity contribution is 14.1. The first-order valence-corrected chi connectivity index (χ1v) is 19.0. The van der Waals surface area contributed by atoms with E-state index in [9.17, 15) is 0 Å². The van der Waals surface area contributed by atoms with Crippen molar-refractivity contribution in [3.05, 3.63) is 136 Å². The van der Waals surface area contributed by atoms with Gasteiger partial charge in [-0.2, -0.15) is 0 Å². The summed E-state index contributed by atoms with van der Waals surface area (Å²) in [5.74, 6) is 1.68. The Morgan fingerprint density at radius 2 is 1.16 bits per heavy atom. The van der Waals surface area contributed by atoms with Crippen LogP contribution in [0.5, 0.6) is 0 Å². The van der Waals surface area contributed by atoms with Gasteiger partial charge in [-0.25, -0.2) is 0 Å². The van der Waals surface area contributed by atoms with Crippen LogP contribution in [0.25, 0.3) is 50.7 Å². The van der Waals surface area contributed by atoms with E-state index in [1.165, 1.54) is 81.0 Å². The Hall–Kier alpha value is -4.03. The maximum Gasteiger partial charge on any atom is 0.168 e. The molecule has 0 amide bonds. The molecule has 0 aliphatic heterocycles. The second-order valence-electron chi connectivity index (χ2n) is 14.7. The van der Waals surface area contributed by atoms with E-state index < -0.39 is 0 Å².